The maximum atomic E-state index is 12.5. The van der Waals surface area contributed by atoms with Crippen molar-refractivity contribution in [3.8, 4) is 5.06 Å². The van der Waals surface area contributed by atoms with Gasteiger partial charge in [-0.05, 0) is 50.4 Å². The summed E-state index contributed by atoms with van der Waals surface area (Å²) in [5.41, 5.74) is 0.278. The number of halogens is 3. The number of carbonyl (C=O) groups excluding carboxylic acids is 1. The van der Waals surface area contributed by atoms with Crippen molar-refractivity contribution in [2.24, 2.45) is 11.3 Å². The molecule has 27 heavy (non-hydrogen) atoms. The molecule has 2 heterocycles. The highest BCUT2D eigenvalue weighted by molar-refractivity contribution is 7.13. The first-order valence-corrected chi connectivity index (χ1v) is 10.1. The van der Waals surface area contributed by atoms with Crippen LogP contribution in [0.2, 0.25) is 0 Å². The molecule has 0 aromatic carbocycles. The molecule has 1 amide bonds. The standard InChI is InChI=1S/C19H29F3N2O2S/c1-13(15-5-6-16(27-15)26-12-19(20,21)22)23-17(25)14-7-9-24(11-14)10-8-18(2,3)4/h5-6,13-14H,7-12H2,1-4H3,(H,23,25)/t13-,14-/m1/s1. The number of hydrogen-bond donors (Lipinski definition) is 1. The Balaban J connectivity index is 1.79. The smallest absolute Gasteiger partial charge is 0.422 e. The van der Waals surface area contributed by atoms with E-state index in [9.17, 15) is 18.0 Å². The minimum absolute atomic E-state index is 0.00641. The summed E-state index contributed by atoms with van der Waals surface area (Å²) >= 11 is 1.13. The third-order valence-electron chi connectivity index (χ3n) is 4.59. The molecule has 0 aliphatic carbocycles. The van der Waals surface area contributed by atoms with Gasteiger partial charge in [0.15, 0.2) is 11.7 Å². The molecule has 0 saturated carbocycles. The van der Waals surface area contributed by atoms with E-state index < -0.39 is 12.8 Å². The fraction of sp³-hybridized carbons (Fsp3) is 0.737. The molecule has 1 N–H and O–H groups in total. The van der Waals surface area contributed by atoms with E-state index in [4.69, 9.17) is 4.74 Å². The van der Waals surface area contributed by atoms with Crippen molar-refractivity contribution in [3.63, 3.8) is 0 Å². The molecule has 2 rings (SSSR count). The highest BCUT2D eigenvalue weighted by Gasteiger charge is 2.30. The lowest BCUT2D eigenvalue weighted by atomic mass is 9.92. The second-order valence-corrected chi connectivity index (χ2v) is 9.47. The first kappa shape index (κ1) is 22.0. The van der Waals surface area contributed by atoms with Crippen molar-refractivity contribution in [2.75, 3.05) is 26.2 Å². The molecule has 1 aliphatic rings. The molecule has 0 unspecified atom stereocenters. The number of carbonyl (C=O) groups is 1. The summed E-state index contributed by atoms with van der Waals surface area (Å²) in [5, 5.41) is 3.19. The SMILES string of the molecule is C[C@@H](NC(=O)[C@@H]1CCN(CCC(C)(C)C)C1)c1ccc(OCC(F)(F)F)s1. The van der Waals surface area contributed by atoms with Crippen LogP contribution in [-0.4, -0.2) is 43.2 Å². The van der Waals surface area contributed by atoms with Gasteiger partial charge in [-0.25, -0.2) is 0 Å². The largest absolute Gasteiger partial charge is 0.475 e. The van der Waals surface area contributed by atoms with Crippen LogP contribution in [0.5, 0.6) is 5.06 Å². The van der Waals surface area contributed by atoms with E-state index in [0.717, 1.165) is 48.7 Å². The number of hydrogen-bond acceptors (Lipinski definition) is 4. The minimum atomic E-state index is -4.36. The molecule has 2 atom stereocenters. The molecule has 0 spiro atoms. The van der Waals surface area contributed by atoms with Crippen LogP contribution in [0.15, 0.2) is 12.1 Å². The zero-order chi connectivity index (χ0) is 20.2. The molecule has 1 saturated heterocycles. The molecule has 1 aliphatic heterocycles. The van der Waals surface area contributed by atoms with Crippen molar-refractivity contribution in [1.29, 1.82) is 0 Å². The fourth-order valence-electron chi connectivity index (χ4n) is 2.94. The lowest BCUT2D eigenvalue weighted by Gasteiger charge is -2.23. The van der Waals surface area contributed by atoms with Crippen LogP contribution in [0.4, 0.5) is 13.2 Å². The van der Waals surface area contributed by atoms with E-state index >= 15 is 0 Å². The van der Waals surface area contributed by atoms with Gasteiger partial charge in [-0.1, -0.05) is 20.8 Å². The summed E-state index contributed by atoms with van der Waals surface area (Å²) in [6.45, 7) is 9.85. The van der Waals surface area contributed by atoms with Crippen LogP contribution in [0.3, 0.4) is 0 Å². The van der Waals surface area contributed by atoms with Crippen molar-refractivity contribution in [3.05, 3.63) is 17.0 Å². The number of nitrogens with one attached hydrogen (secondary N) is 1. The predicted molar refractivity (Wildman–Crippen MR) is 101 cm³/mol. The van der Waals surface area contributed by atoms with Crippen LogP contribution < -0.4 is 10.1 Å². The van der Waals surface area contributed by atoms with Gasteiger partial charge in [0.1, 0.15) is 0 Å². The third kappa shape index (κ3) is 7.70. The average Bonchev–Trinajstić information content (AvgIpc) is 3.19. The zero-order valence-electron chi connectivity index (χ0n) is 16.4. The quantitative estimate of drug-likeness (QED) is 0.718. The van der Waals surface area contributed by atoms with E-state index in [1.54, 1.807) is 6.07 Å². The summed E-state index contributed by atoms with van der Waals surface area (Å²) in [5.74, 6) is -0.0275. The van der Waals surface area contributed by atoms with Gasteiger partial charge in [0.25, 0.3) is 0 Å². The van der Waals surface area contributed by atoms with Gasteiger partial charge in [-0.3, -0.25) is 4.79 Å². The molecule has 0 bridgehead atoms. The maximum absolute atomic E-state index is 12.5. The van der Waals surface area contributed by atoms with Crippen LogP contribution in [0.1, 0.15) is 51.5 Å². The van der Waals surface area contributed by atoms with Crippen LogP contribution in [-0.2, 0) is 4.79 Å². The number of likely N-dealkylation sites (tertiary alicyclic amines) is 1. The Labute approximate surface area is 163 Å². The van der Waals surface area contributed by atoms with Crippen molar-refractivity contribution in [2.45, 2.75) is 52.8 Å². The van der Waals surface area contributed by atoms with Crippen molar-refractivity contribution in [1.82, 2.24) is 10.2 Å². The number of alkyl halides is 3. The van der Waals surface area contributed by atoms with Gasteiger partial charge in [0.2, 0.25) is 5.91 Å². The lowest BCUT2D eigenvalue weighted by Crippen LogP contribution is -2.34. The van der Waals surface area contributed by atoms with E-state index in [1.165, 1.54) is 6.07 Å². The molecule has 0 radical (unpaired) electrons. The molecule has 8 heteroatoms. The minimum Gasteiger partial charge on any atom is -0.475 e. The first-order chi connectivity index (χ1) is 12.4. The average molecular weight is 407 g/mol. The topological polar surface area (TPSA) is 41.6 Å². The number of nitrogens with zero attached hydrogens (tertiary/aromatic N) is 1. The molecule has 1 aromatic rings. The monoisotopic (exact) mass is 406 g/mol. The molecule has 1 aromatic heterocycles. The lowest BCUT2D eigenvalue weighted by molar-refractivity contribution is -0.152. The Kier molecular flexibility index (Phi) is 7.19. The fourth-order valence-corrected chi connectivity index (χ4v) is 3.80. The van der Waals surface area contributed by atoms with Crippen LogP contribution in [0, 0.1) is 11.3 Å². The second-order valence-electron chi connectivity index (χ2n) is 8.39. The first-order valence-electron chi connectivity index (χ1n) is 9.25. The Morgan fingerprint density at radius 1 is 1.37 bits per heavy atom. The molecule has 154 valence electrons. The van der Waals surface area contributed by atoms with Gasteiger partial charge in [0, 0.05) is 11.4 Å². The summed E-state index contributed by atoms with van der Waals surface area (Å²) in [7, 11) is 0. The Hall–Kier alpha value is -1.28. The maximum Gasteiger partial charge on any atom is 0.422 e. The van der Waals surface area contributed by atoms with Crippen molar-refractivity contribution < 1.29 is 22.7 Å². The Morgan fingerprint density at radius 3 is 2.70 bits per heavy atom. The summed E-state index contributed by atoms with van der Waals surface area (Å²) in [4.78, 5) is 15.6. The number of thiophene rings is 1. The normalized spacial score (nSPS) is 19.9. The van der Waals surface area contributed by atoms with Gasteiger partial charge in [-0.2, -0.15) is 13.2 Å². The number of amides is 1. The zero-order valence-corrected chi connectivity index (χ0v) is 17.2. The van der Waals surface area contributed by atoms with E-state index in [1.807, 2.05) is 6.92 Å². The second kappa shape index (κ2) is 8.82. The molecular weight excluding hydrogens is 377 g/mol. The van der Waals surface area contributed by atoms with Gasteiger partial charge in [-0.15, -0.1) is 11.3 Å². The van der Waals surface area contributed by atoms with Crippen LogP contribution >= 0.6 is 11.3 Å². The van der Waals surface area contributed by atoms with Gasteiger partial charge in [0.05, 0.1) is 12.0 Å². The highest BCUT2D eigenvalue weighted by Crippen LogP contribution is 2.31. The summed E-state index contributed by atoms with van der Waals surface area (Å²) < 4.78 is 41.4. The summed E-state index contributed by atoms with van der Waals surface area (Å²) in [6.07, 6.45) is -2.42. The van der Waals surface area contributed by atoms with E-state index in [0.29, 0.717) is 0 Å². The number of rotatable bonds is 7. The van der Waals surface area contributed by atoms with Crippen LogP contribution in [0.25, 0.3) is 0 Å². The molecular formula is C19H29F3N2O2S. The molecule has 4 nitrogen and oxygen atoms in total. The van der Waals surface area contributed by atoms with Gasteiger partial charge < -0.3 is 15.0 Å². The number of ether oxygens (including phenoxy) is 1. The van der Waals surface area contributed by atoms with E-state index in [2.05, 4.69) is 31.0 Å². The van der Waals surface area contributed by atoms with Gasteiger partial charge >= 0.3 is 6.18 Å². The highest BCUT2D eigenvalue weighted by atomic mass is 32.1. The molecule has 1 fully saturated rings. The third-order valence-corrected chi connectivity index (χ3v) is 5.77. The Bertz CT molecular complexity index is 625. The van der Waals surface area contributed by atoms with E-state index in [-0.39, 0.29) is 28.3 Å². The predicted octanol–water partition coefficient (Wildman–Crippen LogP) is 4.62. The summed E-state index contributed by atoms with van der Waals surface area (Å²) in [6, 6.07) is 2.96. The Morgan fingerprint density at radius 2 is 2.07 bits per heavy atom. The van der Waals surface area contributed by atoms with Crippen molar-refractivity contribution >= 4 is 17.2 Å².